The standard InChI is InChI=1S/C12H17N5O/c1-3-12(4-2,8-13)11(18)16-5-6-17-9-14-15-10(17)7-16/h9H,3-7H2,1-2H3. The number of nitriles is 1. The Morgan fingerprint density at radius 3 is 2.83 bits per heavy atom. The molecule has 0 bridgehead atoms. The number of carbonyl (C=O) groups excluding carboxylic acids is 1. The maximum atomic E-state index is 12.5. The minimum Gasteiger partial charge on any atom is -0.332 e. The molecule has 0 saturated carbocycles. The monoisotopic (exact) mass is 247 g/mol. The molecule has 1 aliphatic rings. The Hall–Kier alpha value is -1.90. The number of aromatic nitrogens is 3. The van der Waals surface area contributed by atoms with Crippen molar-refractivity contribution in [2.45, 2.75) is 39.8 Å². The van der Waals surface area contributed by atoms with Crippen molar-refractivity contribution < 1.29 is 4.79 Å². The Kier molecular flexibility index (Phi) is 3.32. The van der Waals surface area contributed by atoms with E-state index in [4.69, 9.17) is 0 Å². The minimum absolute atomic E-state index is 0.0794. The molecule has 0 aliphatic carbocycles. The number of nitrogens with zero attached hydrogens (tertiary/aromatic N) is 5. The third-order valence-electron chi connectivity index (χ3n) is 3.76. The zero-order chi connectivity index (χ0) is 13.2. The second-order valence-electron chi connectivity index (χ2n) is 4.57. The molecule has 0 spiro atoms. The van der Waals surface area contributed by atoms with Crippen molar-refractivity contribution in [3.8, 4) is 6.07 Å². The Morgan fingerprint density at radius 2 is 2.22 bits per heavy atom. The SMILES string of the molecule is CCC(C#N)(CC)C(=O)N1CCn2cnnc2C1. The van der Waals surface area contributed by atoms with E-state index in [9.17, 15) is 10.1 Å². The molecule has 6 nitrogen and oxygen atoms in total. The molecule has 0 radical (unpaired) electrons. The van der Waals surface area contributed by atoms with E-state index < -0.39 is 5.41 Å². The van der Waals surface area contributed by atoms with Gasteiger partial charge in [0.2, 0.25) is 5.91 Å². The normalized spacial score (nSPS) is 15.1. The summed E-state index contributed by atoms with van der Waals surface area (Å²) in [6, 6.07) is 2.20. The van der Waals surface area contributed by atoms with Crippen LogP contribution in [0.2, 0.25) is 0 Å². The third kappa shape index (κ3) is 1.86. The summed E-state index contributed by atoms with van der Waals surface area (Å²) in [4.78, 5) is 14.2. The van der Waals surface area contributed by atoms with Crippen LogP contribution in [0.25, 0.3) is 0 Å². The molecular formula is C12H17N5O. The van der Waals surface area contributed by atoms with Crippen LogP contribution in [-0.2, 0) is 17.9 Å². The van der Waals surface area contributed by atoms with Crippen LogP contribution in [0.4, 0.5) is 0 Å². The van der Waals surface area contributed by atoms with Crippen molar-refractivity contribution in [1.29, 1.82) is 5.26 Å². The van der Waals surface area contributed by atoms with E-state index in [1.807, 2.05) is 18.4 Å². The summed E-state index contributed by atoms with van der Waals surface area (Å²) in [6.45, 7) is 5.53. The van der Waals surface area contributed by atoms with E-state index in [1.165, 1.54) is 0 Å². The van der Waals surface area contributed by atoms with Crippen LogP contribution in [-0.4, -0.2) is 32.1 Å². The van der Waals surface area contributed by atoms with E-state index in [1.54, 1.807) is 11.2 Å². The molecule has 0 aromatic carbocycles. The average Bonchev–Trinajstić information content (AvgIpc) is 2.88. The highest BCUT2D eigenvalue weighted by atomic mass is 16.2. The van der Waals surface area contributed by atoms with E-state index in [2.05, 4.69) is 16.3 Å². The molecule has 0 unspecified atom stereocenters. The largest absolute Gasteiger partial charge is 0.332 e. The molecule has 18 heavy (non-hydrogen) atoms. The molecule has 0 atom stereocenters. The number of carbonyl (C=O) groups is 1. The van der Waals surface area contributed by atoms with Gasteiger partial charge in [-0.3, -0.25) is 4.79 Å². The second-order valence-corrected chi connectivity index (χ2v) is 4.57. The smallest absolute Gasteiger partial charge is 0.243 e. The van der Waals surface area contributed by atoms with Gasteiger partial charge in [0.15, 0.2) is 5.82 Å². The van der Waals surface area contributed by atoms with Crippen LogP contribution in [0.3, 0.4) is 0 Å². The zero-order valence-electron chi connectivity index (χ0n) is 10.8. The van der Waals surface area contributed by atoms with Crippen molar-refractivity contribution in [2.24, 2.45) is 5.41 Å². The van der Waals surface area contributed by atoms with Gasteiger partial charge in [-0.1, -0.05) is 13.8 Å². The van der Waals surface area contributed by atoms with Crippen molar-refractivity contribution in [3.63, 3.8) is 0 Å². The van der Waals surface area contributed by atoms with Crippen molar-refractivity contribution in [3.05, 3.63) is 12.2 Å². The van der Waals surface area contributed by atoms with Gasteiger partial charge in [0.25, 0.3) is 0 Å². The summed E-state index contributed by atoms with van der Waals surface area (Å²) >= 11 is 0. The lowest BCUT2D eigenvalue weighted by Crippen LogP contribution is -2.46. The van der Waals surface area contributed by atoms with Gasteiger partial charge in [-0.25, -0.2) is 0 Å². The Balaban J connectivity index is 2.19. The Bertz CT molecular complexity index is 483. The topological polar surface area (TPSA) is 74.8 Å². The number of fused-ring (bicyclic) bond motifs is 1. The van der Waals surface area contributed by atoms with Gasteiger partial charge < -0.3 is 9.47 Å². The van der Waals surface area contributed by atoms with Gasteiger partial charge in [0.1, 0.15) is 11.7 Å². The van der Waals surface area contributed by atoms with Crippen LogP contribution in [0.5, 0.6) is 0 Å². The lowest BCUT2D eigenvalue weighted by molar-refractivity contribution is -0.141. The summed E-state index contributed by atoms with van der Waals surface area (Å²) in [5.74, 6) is 0.706. The lowest BCUT2D eigenvalue weighted by Gasteiger charge is -2.33. The number of hydrogen-bond acceptors (Lipinski definition) is 4. The molecule has 0 saturated heterocycles. The van der Waals surface area contributed by atoms with E-state index in [-0.39, 0.29) is 5.91 Å². The molecule has 2 rings (SSSR count). The molecular weight excluding hydrogens is 230 g/mol. The molecule has 0 N–H and O–H groups in total. The van der Waals surface area contributed by atoms with Gasteiger partial charge >= 0.3 is 0 Å². The quantitative estimate of drug-likeness (QED) is 0.797. The van der Waals surface area contributed by atoms with Gasteiger partial charge in [-0.15, -0.1) is 10.2 Å². The molecule has 1 aliphatic heterocycles. The summed E-state index contributed by atoms with van der Waals surface area (Å²) in [5.41, 5.74) is -0.887. The van der Waals surface area contributed by atoms with E-state index in [0.29, 0.717) is 32.5 Å². The Labute approximate surface area is 106 Å². The van der Waals surface area contributed by atoms with Crippen LogP contribution in [0, 0.1) is 16.7 Å². The lowest BCUT2D eigenvalue weighted by atomic mass is 9.82. The summed E-state index contributed by atoms with van der Waals surface area (Å²) in [6.07, 6.45) is 2.76. The molecule has 96 valence electrons. The maximum Gasteiger partial charge on any atom is 0.243 e. The van der Waals surface area contributed by atoms with Crippen molar-refractivity contribution >= 4 is 5.91 Å². The van der Waals surface area contributed by atoms with Gasteiger partial charge in [0.05, 0.1) is 12.6 Å². The first-order chi connectivity index (χ1) is 8.66. The fourth-order valence-electron chi connectivity index (χ4n) is 2.30. The summed E-state index contributed by atoms with van der Waals surface area (Å²) in [7, 11) is 0. The highest BCUT2D eigenvalue weighted by molar-refractivity contribution is 5.85. The predicted molar refractivity (Wildman–Crippen MR) is 64.1 cm³/mol. The van der Waals surface area contributed by atoms with E-state index >= 15 is 0 Å². The number of hydrogen-bond donors (Lipinski definition) is 0. The number of rotatable bonds is 3. The highest BCUT2D eigenvalue weighted by Crippen LogP contribution is 2.29. The van der Waals surface area contributed by atoms with Crippen molar-refractivity contribution in [2.75, 3.05) is 6.54 Å². The highest BCUT2D eigenvalue weighted by Gasteiger charge is 2.39. The fraction of sp³-hybridized carbons (Fsp3) is 0.667. The maximum absolute atomic E-state index is 12.5. The minimum atomic E-state index is -0.887. The molecule has 1 aromatic heterocycles. The molecule has 1 aromatic rings. The Morgan fingerprint density at radius 1 is 1.50 bits per heavy atom. The first kappa shape index (κ1) is 12.6. The third-order valence-corrected chi connectivity index (χ3v) is 3.76. The van der Waals surface area contributed by atoms with Gasteiger partial charge in [-0.05, 0) is 12.8 Å². The molecule has 2 heterocycles. The fourth-order valence-corrected chi connectivity index (χ4v) is 2.30. The van der Waals surface area contributed by atoms with Gasteiger partial charge in [0, 0.05) is 13.1 Å². The van der Waals surface area contributed by atoms with Crippen LogP contribution in [0.1, 0.15) is 32.5 Å². The molecule has 0 fully saturated rings. The van der Waals surface area contributed by atoms with Crippen molar-refractivity contribution in [1.82, 2.24) is 19.7 Å². The average molecular weight is 247 g/mol. The van der Waals surface area contributed by atoms with Crippen LogP contribution in [0.15, 0.2) is 6.33 Å². The zero-order valence-corrected chi connectivity index (χ0v) is 10.8. The summed E-state index contributed by atoms with van der Waals surface area (Å²) in [5, 5.41) is 17.1. The second kappa shape index (κ2) is 4.77. The van der Waals surface area contributed by atoms with Crippen LogP contribution < -0.4 is 0 Å². The van der Waals surface area contributed by atoms with Crippen LogP contribution >= 0.6 is 0 Å². The predicted octanol–water partition coefficient (Wildman–Crippen LogP) is 0.950. The van der Waals surface area contributed by atoms with Gasteiger partial charge in [-0.2, -0.15) is 5.26 Å². The molecule has 6 heteroatoms. The number of amides is 1. The summed E-state index contributed by atoms with van der Waals surface area (Å²) < 4.78 is 1.94. The first-order valence-electron chi connectivity index (χ1n) is 6.24. The van der Waals surface area contributed by atoms with E-state index in [0.717, 1.165) is 5.82 Å². The molecule has 1 amide bonds. The first-order valence-corrected chi connectivity index (χ1v) is 6.24.